The Morgan fingerprint density at radius 2 is 2.25 bits per heavy atom. The topological polar surface area (TPSA) is 55.5 Å². The van der Waals surface area contributed by atoms with Gasteiger partial charge >= 0.3 is 0 Å². The highest BCUT2D eigenvalue weighted by atomic mass is 35.5. The number of aliphatic hydroxyl groups is 1. The van der Waals surface area contributed by atoms with Gasteiger partial charge in [-0.15, -0.1) is 0 Å². The minimum absolute atomic E-state index is 0.306. The van der Waals surface area contributed by atoms with Gasteiger partial charge in [-0.1, -0.05) is 11.6 Å². The molecule has 1 unspecified atom stereocenters. The Morgan fingerprint density at radius 1 is 1.50 bits per heavy atom. The van der Waals surface area contributed by atoms with Crippen LogP contribution in [0.3, 0.4) is 0 Å². The molecular formula is C12H18ClNO2. The van der Waals surface area contributed by atoms with Gasteiger partial charge in [-0.05, 0) is 43.5 Å². The first kappa shape index (κ1) is 13.3. The molecule has 0 aliphatic carbocycles. The van der Waals surface area contributed by atoms with Crippen LogP contribution in [-0.4, -0.2) is 24.4 Å². The normalized spacial score (nSPS) is 12.5. The molecule has 0 heterocycles. The number of aliphatic hydroxyl groups excluding tert-OH is 1. The SMILES string of the molecule is Cc1cc(Cl)ccc1OCCCC(O)CN. The van der Waals surface area contributed by atoms with Gasteiger partial charge in [-0.25, -0.2) is 0 Å². The van der Waals surface area contributed by atoms with E-state index >= 15 is 0 Å². The molecule has 0 fully saturated rings. The van der Waals surface area contributed by atoms with Crippen LogP contribution in [0.15, 0.2) is 18.2 Å². The maximum Gasteiger partial charge on any atom is 0.122 e. The first-order valence-corrected chi connectivity index (χ1v) is 5.78. The maximum atomic E-state index is 9.25. The van der Waals surface area contributed by atoms with E-state index in [0.717, 1.165) is 17.7 Å². The average molecular weight is 244 g/mol. The summed E-state index contributed by atoms with van der Waals surface area (Å²) in [5.41, 5.74) is 6.32. The first-order valence-electron chi connectivity index (χ1n) is 5.40. The molecule has 0 radical (unpaired) electrons. The largest absolute Gasteiger partial charge is 0.493 e. The zero-order valence-electron chi connectivity index (χ0n) is 9.45. The van der Waals surface area contributed by atoms with E-state index in [1.807, 2.05) is 19.1 Å². The van der Waals surface area contributed by atoms with Gasteiger partial charge in [-0.3, -0.25) is 0 Å². The number of rotatable bonds is 6. The molecule has 90 valence electrons. The Kier molecular flexibility index (Phi) is 5.60. The summed E-state index contributed by atoms with van der Waals surface area (Å²) in [7, 11) is 0. The van der Waals surface area contributed by atoms with Crippen LogP contribution in [-0.2, 0) is 0 Å². The third-order valence-corrected chi connectivity index (χ3v) is 2.58. The molecule has 1 aromatic rings. The van der Waals surface area contributed by atoms with Crippen LogP contribution in [0.25, 0.3) is 0 Å². The third-order valence-electron chi connectivity index (χ3n) is 2.35. The lowest BCUT2D eigenvalue weighted by molar-refractivity contribution is 0.160. The second-order valence-corrected chi connectivity index (χ2v) is 4.23. The number of hydrogen-bond donors (Lipinski definition) is 2. The van der Waals surface area contributed by atoms with E-state index in [0.29, 0.717) is 24.6 Å². The Bertz CT molecular complexity index is 331. The van der Waals surface area contributed by atoms with Crippen molar-refractivity contribution in [1.82, 2.24) is 0 Å². The summed E-state index contributed by atoms with van der Waals surface area (Å²) in [5.74, 6) is 0.839. The van der Waals surface area contributed by atoms with E-state index in [-0.39, 0.29) is 0 Å². The molecule has 0 spiro atoms. The number of halogens is 1. The molecule has 1 atom stereocenters. The van der Waals surface area contributed by atoms with Gasteiger partial charge < -0.3 is 15.6 Å². The van der Waals surface area contributed by atoms with E-state index in [9.17, 15) is 5.11 Å². The Morgan fingerprint density at radius 3 is 2.88 bits per heavy atom. The predicted molar refractivity (Wildman–Crippen MR) is 66.0 cm³/mol. The zero-order valence-corrected chi connectivity index (χ0v) is 10.2. The van der Waals surface area contributed by atoms with E-state index in [1.54, 1.807) is 6.07 Å². The number of ether oxygens (including phenoxy) is 1. The van der Waals surface area contributed by atoms with Gasteiger partial charge in [0, 0.05) is 11.6 Å². The summed E-state index contributed by atoms with van der Waals surface area (Å²) in [5, 5.41) is 9.96. The monoisotopic (exact) mass is 243 g/mol. The van der Waals surface area contributed by atoms with Gasteiger partial charge in [0.2, 0.25) is 0 Å². The van der Waals surface area contributed by atoms with Crippen LogP contribution >= 0.6 is 11.6 Å². The number of aryl methyl sites for hydroxylation is 1. The lowest BCUT2D eigenvalue weighted by Crippen LogP contribution is -2.20. The van der Waals surface area contributed by atoms with Crippen molar-refractivity contribution in [1.29, 1.82) is 0 Å². The highest BCUT2D eigenvalue weighted by molar-refractivity contribution is 6.30. The maximum absolute atomic E-state index is 9.25. The highest BCUT2D eigenvalue weighted by Crippen LogP contribution is 2.21. The molecule has 4 heteroatoms. The van der Waals surface area contributed by atoms with Gasteiger partial charge in [0.05, 0.1) is 12.7 Å². The molecule has 16 heavy (non-hydrogen) atoms. The van der Waals surface area contributed by atoms with E-state index in [2.05, 4.69) is 0 Å². The fourth-order valence-corrected chi connectivity index (χ4v) is 1.62. The van der Waals surface area contributed by atoms with Crippen molar-refractivity contribution in [2.24, 2.45) is 5.73 Å². The molecule has 0 saturated heterocycles. The minimum atomic E-state index is -0.421. The van der Waals surface area contributed by atoms with E-state index < -0.39 is 6.10 Å². The van der Waals surface area contributed by atoms with Crippen molar-refractivity contribution in [3.63, 3.8) is 0 Å². The smallest absolute Gasteiger partial charge is 0.122 e. The van der Waals surface area contributed by atoms with Crippen molar-refractivity contribution in [3.05, 3.63) is 28.8 Å². The van der Waals surface area contributed by atoms with Crippen LogP contribution in [0, 0.1) is 6.92 Å². The van der Waals surface area contributed by atoms with E-state index in [4.69, 9.17) is 22.1 Å². The fourth-order valence-electron chi connectivity index (χ4n) is 1.39. The first-order chi connectivity index (χ1) is 7.63. The third kappa shape index (κ3) is 4.39. The molecule has 3 N–H and O–H groups in total. The molecule has 3 nitrogen and oxygen atoms in total. The minimum Gasteiger partial charge on any atom is -0.493 e. The molecule has 1 aromatic carbocycles. The number of nitrogens with two attached hydrogens (primary N) is 1. The molecule has 0 aromatic heterocycles. The standard InChI is InChI=1S/C12H18ClNO2/c1-9-7-10(13)4-5-12(9)16-6-2-3-11(15)8-14/h4-5,7,11,15H,2-3,6,8,14H2,1H3. The van der Waals surface area contributed by atoms with Crippen LogP contribution < -0.4 is 10.5 Å². The summed E-state index contributed by atoms with van der Waals surface area (Å²) in [6.07, 6.45) is 1.04. The van der Waals surface area contributed by atoms with Gasteiger partial charge in [-0.2, -0.15) is 0 Å². The molecule has 0 bridgehead atoms. The quantitative estimate of drug-likeness (QED) is 0.753. The van der Waals surface area contributed by atoms with Crippen molar-refractivity contribution >= 4 is 11.6 Å². The van der Waals surface area contributed by atoms with Crippen molar-refractivity contribution in [3.8, 4) is 5.75 Å². The zero-order chi connectivity index (χ0) is 12.0. The average Bonchev–Trinajstić information content (AvgIpc) is 2.26. The van der Waals surface area contributed by atoms with E-state index in [1.165, 1.54) is 0 Å². The summed E-state index contributed by atoms with van der Waals surface area (Å²) in [6, 6.07) is 5.53. The second kappa shape index (κ2) is 6.74. The second-order valence-electron chi connectivity index (χ2n) is 3.79. The van der Waals surface area contributed by atoms with Crippen LogP contribution in [0.4, 0.5) is 0 Å². The molecular weight excluding hydrogens is 226 g/mol. The Hall–Kier alpha value is -0.770. The number of hydrogen-bond acceptors (Lipinski definition) is 3. The fraction of sp³-hybridized carbons (Fsp3) is 0.500. The van der Waals surface area contributed by atoms with Crippen molar-refractivity contribution in [2.75, 3.05) is 13.2 Å². The Balaban J connectivity index is 2.32. The summed E-state index contributed by atoms with van der Waals surface area (Å²) >= 11 is 5.84. The molecule has 0 aliphatic heterocycles. The molecule has 0 amide bonds. The van der Waals surface area contributed by atoms with Crippen LogP contribution in [0.1, 0.15) is 18.4 Å². The highest BCUT2D eigenvalue weighted by Gasteiger charge is 2.02. The Labute approximate surface area is 101 Å². The van der Waals surface area contributed by atoms with Gasteiger partial charge in [0.15, 0.2) is 0 Å². The molecule has 0 aliphatic rings. The molecule has 1 rings (SSSR count). The van der Waals surface area contributed by atoms with Gasteiger partial charge in [0.1, 0.15) is 5.75 Å². The van der Waals surface area contributed by atoms with Gasteiger partial charge in [0.25, 0.3) is 0 Å². The lowest BCUT2D eigenvalue weighted by atomic mass is 10.2. The van der Waals surface area contributed by atoms with Crippen LogP contribution in [0.5, 0.6) is 5.75 Å². The predicted octanol–water partition coefficient (Wildman–Crippen LogP) is 2.13. The van der Waals surface area contributed by atoms with Crippen molar-refractivity contribution < 1.29 is 9.84 Å². The number of benzene rings is 1. The lowest BCUT2D eigenvalue weighted by Gasteiger charge is -2.10. The van der Waals surface area contributed by atoms with Crippen molar-refractivity contribution in [2.45, 2.75) is 25.9 Å². The summed E-state index contributed by atoms with van der Waals surface area (Å²) in [6.45, 7) is 2.84. The molecule has 0 saturated carbocycles. The summed E-state index contributed by atoms with van der Waals surface area (Å²) < 4.78 is 5.58. The summed E-state index contributed by atoms with van der Waals surface area (Å²) in [4.78, 5) is 0. The van der Waals surface area contributed by atoms with Crippen LogP contribution in [0.2, 0.25) is 5.02 Å².